The van der Waals surface area contributed by atoms with Crippen molar-refractivity contribution in [1.82, 2.24) is 0 Å². The zero-order valence-corrected chi connectivity index (χ0v) is 7.18. The lowest BCUT2D eigenvalue weighted by Gasteiger charge is -2.10. The highest BCUT2D eigenvalue weighted by Crippen LogP contribution is 2.45. The second-order valence-electron chi connectivity index (χ2n) is 3.91. The van der Waals surface area contributed by atoms with E-state index < -0.39 is 5.97 Å². The van der Waals surface area contributed by atoms with Gasteiger partial charge in [-0.15, -0.1) is 0 Å². The lowest BCUT2D eigenvalue weighted by Crippen LogP contribution is -1.99. The molecule has 1 saturated carbocycles. The third-order valence-corrected chi connectivity index (χ3v) is 3.07. The Labute approximate surface area is 72.3 Å². The van der Waals surface area contributed by atoms with Gasteiger partial charge in [-0.05, 0) is 38.0 Å². The molecule has 12 heavy (non-hydrogen) atoms. The van der Waals surface area contributed by atoms with E-state index in [0.29, 0.717) is 6.42 Å². The van der Waals surface area contributed by atoms with E-state index in [9.17, 15) is 4.79 Å². The van der Waals surface area contributed by atoms with Crippen LogP contribution >= 0.6 is 0 Å². The Hall–Kier alpha value is -0.790. The predicted molar refractivity (Wildman–Crippen MR) is 45.9 cm³/mol. The molecular weight excluding hydrogens is 152 g/mol. The first-order chi connectivity index (χ1) is 5.75. The standard InChI is InChI=1S/C10H14O2/c11-10(12)4-3-9-6-7-1-2-8(9)5-7/h7H,1-6H2,(H,11,12). The molecule has 0 spiro atoms. The molecule has 2 heteroatoms. The fourth-order valence-electron chi connectivity index (χ4n) is 2.46. The van der Waals surface area contributed by atoms with Gasteiger partial charge in [0.2, 0.25) is 0 Å². The van der Waals surface area contributed by atoms with Crippen LogP contribution < -0.4 is 0 Å². The van der Waals surface area contributed by atoms with Crippen LogP contribution in [0.3, 0.4) is 0 Å². The lowest BCUT2D eigenvalue weighted by atomic mass is 9.96. The van der Waals surface area contributed by atoms with Crippen molar-refractivity contribution in [3.05, 3.63) is 11.1 Å². The predicted octanol–water partition coefficient (Wildman–Crippen LogP) is 2.35. The average Bonchev–Trinajstić information content (AvgIpc) is 2.60. The molecule has 1 fully saturated rings. The Bertz CT molecular complexity index is 240. The molecule has 1 N–H and O–H groups in total. The highest BCUT2D eigenvalue weighted by molar-refractivity contribution is 5.67. The van der Waals surface area contributed by atoms with Gasteiger partial charge in [0.15, 0.2) is 0 Å². The molecule has 1 unspecified atom stereocenters. The molecule has 0 radical (unpaired) electrons. The maximum absolute atomic E-state index is 10.3. The minimum absolute atomic E-state index is 0.325. The number of aliphatic carboxylic acids is 1. The Morgan fingerprint density at radius 1 is 1.50 bits per heavy atom. The van der Waals surface area contributed by atoms with E-state index >= 15 is 0 Å². The van der Waals surface area contributed by atoms with E-state index in [-0.39, 0.29) is 0 Å². The number of allylic oxidation sites excluding steroid dienone is 2. The van der Waals surface area contributed by atoms with Crippen LogP contribution in [0.1, 0.15) is 38.5 Å². The van der Waals surface area contributed by atoms with Gasteiger partial charge in [-0.1, -0.05) is 11.1 Å². The first-order valence-electron chi connectivity index (χ1n) is 4.67. The molecule has 0 aromatic heterocycles. The van der Waals surface area contributed by atoms with Gasteiger partial charge in [0.1, 0.15) is 0 Å². The average molecular weight is 166 g/mol. The fourth-order valence-corrected chi connectivity index (χ4v) is 2.46. The summed E-state index contributed by atoms with van der Waals surface area (Å²) in [4.78, 5) is 10.3. The molecular formula is C10H14O2. The van der Waals surface area contributed by atoms with Gasteiger partial charge in [-0.3, -0.25) is 4.79 Å². The molecule has 2 rings (SSSR count). The van der Waals surface area contributed by atoms with Crippen molar-refractivity contribution in [3.63, 3.8) is 0 Å². The van der Waals surface area contributed by atoms with Gasteiger partial charge in [-0.2, -0.15) is 0 Å². The Kier molecular flexibility index (Phi) is 1.91. The van der Waals surface area contributed by atoms with Gasteiger partial charge >= 0.3 is 5.97 Å². The zero-order valence-electron chi connectivity index (χ0n) is 7.18. The normalized spacial score (nSPS) is 26.8. The monoisotopic (exact) mass is 166 g/mol. The first kappa shape index (κ1) is 7.84. The van der Waals surface area contributed by atoms with Crippen molar-refractivity contribution in [2.24, 2.45) is 5.92 Å². The molecule has 2 aliphatic carbocycles. The molecule has 2 nitrogen and oxygen atoms in total. The smallest absolute Gasteiger partial charge is 0.303 e. The van der Waals surface area contributed by atoms with Crippen LogP contribution in [0.4, 0.5) is 0 Å². The van der Waals surface area contributed by atoms with Gasteiger partial charge in [-0.25, -0.2) is 0 Å². The summed E-state index contributed by atoms with van der Waals surface area (Å²) in [5, 5.41) is 8.52. The van der Waals surface area contributed by atoms with E-state index in [0.717, 1.165) is 12.3 Å². The van der Waals surface area contributed by atoms with Gasteiger partial charge in [0, 0.05) is 6.42 Å². The number of carbonyl (C=O) groups is 1. The summed E-state index contributed by atoms with van der Waals surface area (Å²) in [5.41, 5.74) is 3.05. The van der Waals surface area contributed by atoms with Crippen LogP contribution in [0.2, 0.25) is 0 Å². The maximum atomic E-state index is 10.3. The van der Waals surface area contributed by atoms with Crippen molar-refractivity contribution >= 4 is 5.97 Å². The molecule has 2 aliphatic rings. The lowest BCUT2D eigenvalue weighted by molar-refractivity contribution is -0.136. The summed E-state index contributed by atoms with van der Waals surface area (Å²) in [5.74, 6) is 0.217. The van der Waals surface area contributed by atoms with Gasteiger partial charge in [0.05, 0.1) is 0 Å². The van der Waals surface area contributed by atoms with E-state index in [1.165, 1.54) is 31.3 Å². The van der Waals surface area contributed by atoms with Crippen molar-refractivity contribution in [3.8, 4) is 0 Å². The van der Waals surface area contributed by atoms with Crippen LogP contribution in [-0.4, -0.2) is 11.1 Å². The zero-order chi connectivity index (χ0) is 8.55. The van der Waals surface area contributed by atoms with E-state index in [2.05, 4.69) is 0 Å². The number of hydrogen-bond donors (Lipinski definition) is 1. The number of rotatable bonds is 3. The van der Waals surface area contributed by atoms with Gasteiger partial charge < -0.3 is 5.11 Å². The molecule has 0 amide bonds. The number of fused-ring (bicyclic) bond motifs is 2. The number of hydrogen-bond acceptors (Lipinski definition) is 1. The van der Waals surface area contributed by atoms with E-state index in [1.807, 2.05) is 0 Å². The first-order valence-corrected chi connectivity index (χ1v) is 4.67. The van der Waals surface area contributed by atoms with Crippen molar-refractivity contribution in [1.29, 1.82) is 0 Å². The SMILES string of the molecule is O=C(O)CCC1=C2CCC(C1)C2. The highest BCUT2D eigenvalue weighted by Gasteiger charge is 2.29. The molecule has 0 aliphatic heterocycles. The Morgan fingerprint density at radius 2 is 2.33 bits per heavy atom. The summed E-state index contributed by atoms with van der Waals surface area (Å²) >= 11 is 0. The van der Waals surface area contributed by atoms with Crippen molar-refractivity contribution < 1.29 is 9.90 Å². The van der Waals surface area contributed by atoms with Crippen LogP contribution in [0.25, 0.3) is 0 Å². The molecule has 2 bridgehead atoms. The summed E-state index contributed by atoms with van der Waals surface area (Å²) < 4.78 is 0. The Balaban J connectivity index is 1.93. The number of carboxylic acid groups (broad SMARTS) is 1. The third kappa shape index (κ3) is 1.38. The Morgan fingerprint density at radius 3 is 2.83 bits per heavy atom. The van der Waals surface area contributed by atoms with Crippen LogP contribution in [-0.2, 0) is 4.79 Å². The quantitative estimate of drug-likeness (QED) is 0.653. The molecule has 0 heterocycles. The molecule has 0 aromatic rings. The largest absolute Gasteiger partial charge is 0.481 e. The van der Waals surface area contributed by atoms with E-state index in [4.69, 9.17) is 5.11 Å². The third-order valence-electron chi connectivity index (χ3n) is 3.07. The minimum atomic E-state index is -0.661. The molecule has 1 atom stereocenters. The second kappa shape index (κ2) is 2.92. The summed E-state index contributed by atoms with van der Waals surface area (Å²) in [6.45, 7) is 0. The van der Waals surface area contributed by atoms with Gasteiger partial charge in [0.25, 0.3) is 0 Å². The molecule has 0 aromatic carbocycles. The van der Waals surface area contributed by atoms with Crippen molar-refractivity contribution in [2.75, 3.05) is 0 Å². The second-order valence-corrected chi connectivity index (χ2v) is 3.91. The topological polar surface area (TPSA) is 37.3 Å². The molecule has 0 saturated heterocycles. The summed E-state index contributed by atoms with van der Waals surface area (Å²) in [7, 11) is 0. The maximum Gasteiger partial charge on any atom is 0.303 e. The van der Waals surface area contributed by atoms with Crippen LogP contribution in [0.15, 0.2) is 11.1 Å². The van der Waals surface area contributed by atoms with Crippen molar-refractivity contribution in [2.45, 2.75) is 38.5 Å². The number of carboxylic acids is 1. The summed E-state index contributed by atoms with van der Waals surface area (Å²) in [6.07, 6.45) is 6.20. The fraction of sp³-hybridized carbons (Fsp3) is 0.700. The van der Waals surface area contributed by atoms with Crippen LogP contribution in [0.5, 0.6) is 0 Å². The minimum Gasteiger partial charge on any atom is -0.481 e. The van der Waals surface area contributed by atoms with E-state index in [1.54, 1.807) is 5.57 Å². The highest BCUT2D eigenvalue weighted by atomic mass is 16.4. The molecule has 66 valence electrons. The summed E-state index contributed by atoms with van der Waals surface area (Å²) in [6, 6.07) is 0. The van der Waals surface area contributed by atoms with Crippen LogP contribution in [0, 0.1) is 5.92 Å².